The third kappa shape index (κ3) is 4.08. The largest absolute Gasteiger partial charge is 0.301 e. The molecule has 1 aliphatic carbocycles. The minimum Gasteiger partial charge on any atom is -0.301 e. The van der Waals surface area contributed by atoms with Gasteiger partial charge in [0.15, 0.2) is 0 Å². The first-order valence-corrected chi connectivity index (χ1v) is 5.65. The van der Waals surface area contributed by atoms with E-state index < -0.39 is 0 Å². The lowest BCUT2D eigenvalue weighted by atomic mass is 10.2. The van der Waals surface area contributed by atoms with Crippen LogP contribution in [0.5, 0.6) is 0 Å². The molecule has 3 nitrogen and oxygen atoms in total. The van der Waals surface area contributed by atoms with Gasteiger partial charge in [-0.05, 0) is 31.8 Å². The Labute approximate surface area is 87.1 Å². The van der Waals surface area contributed by atoms with Crippen LogP contribution in [0.4, 0.5) is 0 Å². The zero-order valence-electron chi connectivity index (χ0n) is 9.29. The Bertz CT molecular complexity index is 193. The van der Waals surface area contributed by atoms with Crippen LogP contribution in [-0.4, -0.2) is 37.1 Å². The van der Waals surface area contributed by atoms with Gasteiger partial charge < -0.3 is 10.2 Å². The van der Waals surface area contributed by atoms with Crippen LogP contribution in [0.2, 0.25) is 0 Å². The third-order valence-corrected chi connectivity index (χ3v) is 2.71. The zero-order valence-corrected chi connectivity index (χ0v) is 9.29. The summed E-state index contributed by atoms with van der Waals surface area (Å²) in [6.07, 6.45) is 2.77. The molecule has 1 aliphatic rings. The molecule has 1 rings (SSSR count). The monoisotopic (exact) mass is 195 g/mol. The van der Waals surface area contributed by atoms with E-state index in [4.69, 9.17) is 5.26 Å². The minimum absolute atomic E-state index is 0.00120. The fraction of sp³-hybridized carbons (Fsp3) is 0.909. The van der Waals surface area contributed by atoms with Crippen molar-refractivity contribution in [1.29, 1.82) is 5.26 Å². The molecule has 80 valence electrons. The van der Waals surface area contributed by atoms with E-state index in [2.05, 4.69) is 23.2 Å². The lowest BCUT2D eigenvalue weighted by molar-refractivity contribution is 0.261. The summed E-state index contributed by atoms with van der Waals surface area (Å²) in [6, 6.07) is 2.31. The Balaban J connectivity index is 2.25. The van der Waals surface area contributed by atoms with Crippen LogP contribution in [0.25, 0.3) is 0 Å². The number of hydrogen-bond donors (Lipinski definition) is 1. The molecule has 1 fully saturated rings. The number of nitrogens with one attached hydrogen (secondary N) is 1. The molecule has 0 saturated heterocycles. The number of likely N-dealkylation sites (N-methyl/N-ethyl adjacent to an activating group) is 2. The van der Waals surface area contributed by atoms with E-state index in [0.29, 0.717) is 0 Å². The second-order valence-electron chi connectivity index (χ2n) is 4.03. The molecule has 0 heterocycles. The molecule has 0 aromatic carbocycles. The van der Waals surface area contributed by atoms with Gasteiger partial charge in [0.1, 0.15) is 6.04 Å². The van der Waals surface area contributed by atoms with E-state index >= 15 is 0 Å². The van der Waals surface area contributed by atoms with Crippen molar-refractivity contribution >= 4 is 0 Å². The molecule has 0 amide bonds. The van der Waals surface area contributed by atoms with Gasteiger partial charge in [-0.1, -0.05) is 13.8 Å². The zero-order chi connectivity index (χ0) is 10.4. The van der Waals surface area contributed by atoms with Crippen LogP contribution in [0.15, 0.2) is 0 Å². The molecule has 14 heavy (non-hydrogen) atoms. The van der Waals surface area contributed by atoms with Crippen molar-refractivity contribution in [2.45, 2.75) is 32.7 Å². The molecular formula is C11H21N3. The van der Waals surface area contributed by atoms with Crippen molar-refractivity contribution < 1.29 is 0 Å². The first-order chi connectivity index (χ1) is 6.80. The van der Waals surface area contributed by atoms with E-state index in [1.807, 2.05) is 6.92 Å². The summed E-state index contributed by atoms with van der Waals surface area (Å²) >= 11 is 0. The molecule has 0 aromatic heterocycles. The number of nitrogens with zero attached hydrogens (tertiary/aromatic N) is 2. The van der Waals surface area contributed by atoms with Gasteiger partial charge in [-0.15, -0.1) is 0 Å². The van der Waals surface area contributed by atoms with Crippen molar-refractivity contribution in [1.82, 2.24) is 10.2 Å². The van der Waals surface area contributed by atoms with Crippen molar-refractivity contribution in [2.75, 3.05) is 26.2 Å². The van der Waals surface area contributed by atoms with E-state index in [1.165, 1.54) is 19.4 Å². The highest BCUT2D eigenvalue weighted by Gasteiger charge is 2.24. The van der Waals surface area contributed by atoms with E-state index in [9.17, 15) is 0 Å². The average Bonchev–Trinajstić information content (AvgIpc) is 2.99. The van der Waals surface area contributed by atoms with E-state index in [1.54, 1.807) is 0 Å². The Kier molecular flexibility index (Phi) is 4.92. The number of nitriles is 1. The fourth-order valence-electron chi connectivity index (χ4n) is 1.65. The van der Waals surface area contributed by atoms with Gasteiger partial charge in [-0.2, -0.15) is 5.26 Å². The van der Waals surface area contributed by atoms with Crippen molar-refractivity contribution in [3.05, 3.63) is 0 Å². The van der Waals surface area contributed by atoms with E-state index in [-0.39, 0.29) is 6.04 Å². The summed E-state index contributed by atoms with van der Waals surface area (Å²) in [5.74, 6) is 0.913. The maximum Gasteiger partial charge on any atom is 0.108 e. The summed E-state index contributed by atoms with van der Waals surface area (Å²) < 4.78 is 0. The molecule has 0 spiro atoms. The topological polar surface area (TPSA) is 39.1 Å². The number of hydrogen-bond acceptors (Lipinski definition) is 3. The van der Waals surface area contributed by atoms with Crippen LogP contribution in [0, 0.1) is 17.2 Å². The fourth-order valence-corrected chi connectivity index (χ4v) is 1.65. The molecular weight excluding hydrogens is 174 g/mol. The van der Waals surface area contributed by atoms with Crippen molar-refractivity contribution in [3.63, 3.8) is 0 Å². The van der Waals surface area contributed by atoms with Gasteiger partial charge in [0.25, 0.3) is 0 Å². The van der Waals surface area contributed by atoms with Gasteiger partial charge in [0.05, 0.1) is 6.07 Å². The van der Waals surface area contributed by atoms with E-state index in [0.717, 1.165) is 25.6 Å². The van der Waals surface area contributed by atoms with Crippen molar-refractivity contribution in [3.8, 4) is 6.07 Å². The molecule has 1 saturated carbocycles. The average molecular weight is 195 g/mol. The summed E-state index contributed by atoms with van der Waals surface area (Å²) in [5.41, 5.74) is 0. The predicted octanol–water partition coefficient (Wildman–Crippen LogP) is 1.22. The van der Waals surface area contributed by atoms with Gasteiger partial charge in [0, 0.05) is 13.1 Å². The molecule has 0 bridgehead atoms. The lowest BCUT2D eigenvalue weighted by Gasteiger charge is -2.23. The summed E-state index contributed by atoms with van der Waals surface area (Å²) in [4.78, 5) is 2.38. The van der Waals surface area contributed by atoms with Gasteiger partial charge in [-0.25, -0.2) is 0 Å². The minimum atomic E-state index is -0.00120. The summed E-state index contributed by atoms with van der Waals surface area (Å²) in [7, 11) is 0. The standard InChI is InChI=1S/C11H21N3/c1-3-13-11(7-12)9-14(4-2)8-10-5-6-10/h10-11,13H,3-6,8-9H2,1-2H3. The highest BCUT2D eigenvalue weighted by Crippen LogP contribution is 2.29. The van der Waals surface area contributed by atoms with Crippen LogP contribution >= 0.6 is 0 Å². The van der Waals surface area contributed by atoms with Crippen LogP contribution in [0.3, 0.4) is 0 Å². The quantitative estimate of drug-likeness (QED) is 0.664. The summed E-state index contributed by atoms with van der Waals surface area (Å²) in [5, 5.41) is 12.1. The highest BCUT2D eigenvalue weighted by atomic mass is 15.1. The second-order valence-corrected chi connectivity index (χ2v) is 4.03. The predicted molar refractivity (Wildman–Crippen MR) is 57.9 cm³/mol. The Hall–Kier alpha value is -0.590. The molecule has 1 atom stereocenters. The van der Waals surface area contributed by atoms with Crippen LogP contribution < -0.4 is 5.32 Å². The molecule has 1 unspecified atom stereocenters. The maximum atomic E-state index is 8.91. The van der Waals surface area contributed by atoms with Gasteiger partial charge in [0.2, 0.25) is 0 Å². The Morgan fingerprint density at radius 1 is 1.50 bits per heavy atom. The number of rotatable bonds is 7. The molecule has 3 heteroatoms. The molecule has 0 aromatic rings. The highest BCUT2D eigenvalue weighted by molar-refractivity contribution is 4.92. The third-order valence-electron chi connectivity index (χ3n) is 2.71. The van der Waals surface area contributed by atoms with Crippen LogP contribution in [-0.2, 0) is 0 Å². The molecule has 1 N–H and O–H groups in total. The maximum absolute atomic E-state index is 8.91. The molecule has 0 radical (unpaired) electrons. The second kappa shape index (κ2) is 6.00. The van der Waals surface area contributed by atoms with Gasteiger partial charge >= 0.3 is 0 Å². The SMILES string of the molecule is CCNC(C#N)CN(CC)CC1CC1. The Morgan fingerprint density at radius 2 is 2.21 bits per heavy atom. The lowest BCUT2D eigenvalue weighted by Crippen LogP contribution is -2.40. The Morgan fingerprint density at radius 3 is 2.64 bits per heavy atom. The smallest absolute Gasteiger partial charge is 0.108 e. The molecule has 0 aliphatic heterocycles. The van der Waals surface area contributed by atoms with Crippen molar-refractivity contribution in [2.24, 2.45) is 5.92 Å². The summed E-state index contributed by atoms with van der Waals surface area (Å²) in [6.45, 7) is 8.20. The van der Waals surface area contributed by atoms with Crippen LogP contribution in [0.1, 0.15) is 26.7 Å². The normalized spacial score (nSPS) is 18.1. The van der Waals surface area contributed by atoms with Gasteiger partial charge in [-0.3, -0.25) is 0 Å². The first-order valence-electron chi connectivity index (χ1n) is 5.65. The first kappa shape index (κ1) is 11.5.